The molecular formula is C19H33IN4O2. The summed E-state index contributed by atoms with van der Waals surface area (Å²) in [4.78, 5) is 9.26. The van der Waals surface area contributed by atoms with E-state index in [9.17, 15) is 5.11 Å². The van der Waals surface area contributed by atoms with Crippen molar-refractivity contribution < 1.29 is 9.84 Å². The first-order valence-corrected chi connectivity index (χ1v) is 9.29. The minimum Gasteiger partial charge on any atom is -0.506 e. The van der Waals surface area contributed by atoms with Gasteiger partial charge in [-0.3, -0.25) is 4.99 Å². The maximum Gasteiger partial charge on any atom is 0.194 e. The smallest absolute Gasteiger partial charge is 0.194 e. The highest BCUT2D eigenvalue weighted by molar-refractivity contribution is 14.0. The molecule has 1 aromatic carbocycles. The first-order valence-electron chi connectivity index (χ1n) is 9.29. The Labute approximate surface area is 174 Å². The van der Waals surface area contributed by atoms with Gasteiger partial charge in [0.15, 0.2) is 5.96 Å². The number of phenols is 1. The van der Waals surface area contributed by atoms with Crippen LogP contribution in [-0.2, 0) is 4.74 Å². The Morgan fingerprint density at radius 2 is 1.92 bits per heavy atom. The molecule has 0 aromatic heterocycles. The van der Waals surface area contributed by atoms with Gasteiger partial charge in [-0.15, -0.1) is 24.0 Å². The van der Waals surface area contributed by atoms with Crippen molar-refractivity contribution in [2.45, 2.75) is 33.3 Å². The molecule has 2 rings (SSSR count). The number of hydrogen-bond acceptors (Lipinski definition) is 4. The minimum atomic E-state index is 0. The molecular weight excluding hydrogens is 443 g/mol. The summed E-state index contributed by atoms with van der Waals surface area (Å²) in [5.74, 6) is 1.32. The number of phenolic OH excluding ortho intramolecular Hbond substituents is 1. The molecule has 148 valence electrons. The summed E-state index contributed by atoms with van der Waals surface area (Å²) >= 11 is 0. The number of nitrogens with zero attached hydrogens (tertiary/aromatic N) is 3. The Hall–Kier alpha value is -1.22. The van der Waals surface area contributed by atoms with Crippen molar-refractivity contribution in [3.05, 3.63) is 24.3 Å². The second kappa shape index (κ2) is 12.2. The normalized spacial score (nSPS) is 15.2. The fourth-order valence-electron chi connectivity index (χ4n) is 2.89. The number of aliphatic imine (C=N–C) groups is 1. The third-order valence-corrected chi connectivity index (χ3v) is 4.15. The number of guanidine groups is 1. The van der Waals surface area contributed by atoms with Crippen LogP contribution in [0.5, 0.6) is 5.75 Å². The molecule has 1 fully saturated rings. The van der Waals surface area contributed by atoms with Crippen LogP contribution in [0.25, 0.3) is 0 Å². The fraction of sp³-hybridized carbons (Fsp3) is 0.632. The van der Waals surface area contributed by atoms with Gasteiger partial charge in [0.25, 0.3) is 0 Å². The van der Waals surface area contributed by atoms with Crippen LogP contribution in [0, 0.1) is 0 Å². The summed E-state index contributed by atoms with van der Waals surface area (Å²) in [5.41, 5.74) is 0.912. The molecule has 26 heavy (non-hydrogen) atoms. The van der Waals surface area contributed by atoms with E-state index in [1.54, 1.807) is 6.07 Å². The lowest BCUT2D eigenvalue weighted by molar-refractivity contribution is 0.0782. The fourth-order valence-corrected chi connectivity index (χ4v) is 2.89. The molecule has 0 unspecified atom stereocenters. The van der Waals surface area contributed by atoms with Crippen LogP contribution >= 0.6 is 24.0 Å². The van der Waals surface area contributed by atoms with Crippen molar-refractivity contribution in [3.8, 4) is 5.75 Å². The van der Waals surface area contributed by atoms with Crippen LogP contribution in [0.1, 0.15) is 27.2 Å². The van der Waals surface area contributed by atoms with Gasteiger partial charge in [0.2, 0.25) is 0 Å². The van der Waals surface area contributed by atoms with Gasteiger partial charge in [-0.25, -0.2) is 0 Å². The van der Waals surface area contributed by atoms with Crippen LogP contribution in [0.3, 0.4) is 0 Å². The number of nitrogens with one attached hydrogen (secondary N) is 1. The van der Waals surface area contributed by atoms with E-state index in [0.717, 1.165) is 63.9 Å². The van der Waals surface area contributed by atoms with E-state index in [-0.39, 0.29) is 30.1 Å². The van der Waals surface area contributed by atoms with E-state index in [2.05, 4.69) is 35.9 Å². The van der Waals surface area contributed by atoms with Crippen LogP contribution < -0.4 is 10.2 Å². The van der Waals surface area contributed by atoms with Crippen LogP contribution in [0.2, 0.25) is 0 Å². The zero-order valence-electron chi connectivity index (χ0n) is 16.1. The monoisotopic (exact) mass is 476 g/mol. The number of benzene rings is 1. The summed E-state index contributed by atoms with van der Waals surface area (Å²) in [5, 5.41) is 13.4. The first kappa shape index (κ1) is 22.8. The Balaban J connectivity index is 0.00000338. The maximum atomic E-state index is 10.0. The number of halogens is 1. The van der Waals surface area contributed by atoms with Gasteiger partial charge in [0.1, 0.15) is 5.75 Å². The SMILES string of the molecule is CCNC(=NCCCOC(C)C)N1CCN(c2ccccc2O)CC1.I. The van der Waals surface area contributed by atoms with Crippen molar-refractivity contribution in [1.29, 1.82) is 0 Å². The zero-order chi connectivity index (χ0) is 18.1. The van der Waals surface area contributed by atoms with Crippen LogP contribution in [0.4, 0.5) is 5.69 Å². The van der Waals surface area contributed by atoms with E-state index < -0.39 is 0 Å². The topological polar surface area (TPSA) is 60.3 Å². The predicted octanol–water partition coefficient (Wildman–Crippen LogP) is 2.91. The lowest BCUT2D eigenvalue weighted by Gasteiger charge is -2.37. The first-order chi connectivity index (χ1) is 12.1. The summed E-state index contributed by atoms with van der Waals surface area (Å²) in [6.45, 7) is 12.1. The van der Waals surface area contributed by atoms with Gasteiger partial charge in [-0.05, 0) is 39.3 Å². The summed E-state index contributed by atoms with van der Waals surface area (Å²) < 4.78 is 5.57. The summed E-state index contributed by atoms with van der Waals surface area (Å²) in [7, 11) is 0. The third kappa shape index (κ3) is 7.19. The van der Waals surface area contributed by atoms with Crippen LogP contribution in [0.15, 0.2) is 29.3 Å². The van der Waals surface area contributed by atoms with E-state index in [4.69, 9.17) is 9.73 Å². The van der Waals surface area contributed by atoms with Crippen LogP contribution in [-0.4, -0.2) is 67.9 Å². The Kier molecular flexibility index (Phi) is 10.7. The highest BCUT2D eigenvalue weighted by Gasteiger charge is 2.21. The maximum absolute atomic E-state index is 10.0. The molecule has 1 aliphatic rings. The van der Waals surface area contributed by atoms with E-state index in [1.165, 1.54) is 0 Å². The highest BCUT2D eigenvalue weighted by Crippen LogP contribution is 2.27. The molecule has 0 amide bonds. The molecule has 0 saturated carbocycles. The largest absolute Gasteiger partial charge is 0.506 e. The zero-order valence-corrected chi connectivity index (χ0v) is 18.5. The van der Waals surface area contributed by atoms with E-state index >= 15 is 0 Å². The van der Waals surface area contributed by atoms with Gasteiger partial charge < -0.3 is 25.0 Å². The molecule has 6 nitrogen and oxygen atoms in total. The molecule has 0 aliphatic carbocycles. The lowest BCUT2D eigenvalue weighted by atomic mass is 10.2. The Morgan fingerprint density at radius 3 is 2.54 bits per heavy atom. The number of hydrogen-bond donors (Lipinski definition) is 2. The number of ether oxygens (including phenoxy) is 1. The molecule has 1 aliphatic heterocycles. The second-order valence-corrected chi connectivity index (χ2v) is 6.47. The summed E-state index contributed by atoms with van der Waals surface area (Å²) in [6.07, 6.45) is 1.21. The van der Waals surface area contributed by atoms with E-state index in [1.807, 2.05) is 18.2 Å². The molecule has 0 atom stereocenters. The quantitative estimate of drug-likeness (QED) is 0.274. The molecule has 1 saturated heterocycles. The number of anilines is 1. The molecule has 0 spiro atoms. The molecule has 1 aromatic rings. The average Bonchev–Trinajstić information content (AvgIpc) is 2.61. The summed E-state index contributed by atoms with van der Waals surface area (Å²) in [6, 6.07) is 7.53. The number of para-hydroxylation sites is 2. The Morgan fingerprint density at radius 1 is 1.23 bits per heavy atom. The molecule has 2 N–H and O–H groups in total. The standard InChI is InChI=1S/C19H32N4O2.HI/c1-4-20-19(21-10-7-15-25-16(2)3)23-13-11-22(12-14-23)17-8-5-6-9-18(17)24;/h5-6,8-9,16,24H,4,7,10-15H2,1-3H3,(H,20,21);1H. The molecule has 0 bridgehead atoms. The van der Waals surface area contributed by atoms with Gasteiger partial charge >= 0.3 is 0 Å². The van der Waals surface area contributed by atoms with Crippen molar-refractivity contribution in [2.75, 3.05) is 50.8 Å². The van der Waals surface area contributed by atoms with Gasteiger partial charge in [0.05, 0.1) is 11.8 Å². The van der Waals surface area contributed by atoms with Crippen molar-refractivity contribution in [3.63, 3.8) is 0 Å². The molecule has 0 radical (unpaired) electrons. The number of rotatable bonds is 7. The van der Waals surface area contributed by atoms with E-state index in [0.29, 0.717) is 5.75 Å². The highest BCUT2D eigenvalue weighted by atomic mass is 127. The lowest BCUT2D eigenvalue weighted by Crippen LogP contribution is -2.52. The second-order valence-electron chi connectivity index (χ2n) is 6.47. The minimum absolute atomic E-state index is 0. The third-order valence-electron chi connectivity index (χ3n) is 4.15. The number of piperazine rings is 1. The van der Waals surface area contributed by atoms with Crippen molar-refractivity contribution in [1.82, 2.24) is 10.2 Å². The van der Waals surface area contributed by atoms with Gasteiger partial charge in [-0.1, -0.05) is 12.1 Å². The Bertz CT molecular complexity index is 546. The predicted molar refractivity (Wildman–Crippen MR) is 119 cm³/mol. The average molecular weight is 476 g/mol. The van der Waals surface area contributed by atoms with Crippen molar-refractivity contribution in [2.24, 2.45) is 4.99 Å². The van der Waals surface area contributed by atoms with Gasteiger partial charge in [-0.2, -0.15) is 0 Å². The number of aromatic hydroxyl groups is 1. The molecule has 7 heteroatoms. The van der Waals surface area contributed by atoms with Crippen molar-refractivity contribution >= 4 is 35.6 Å². The van der Waals surface area contributed by atoms with Gasteiger partial charge in [0, 0.05) is 45.9 Å². The molecule has 1 heterocycles.